The summed E-state index contributed by atoms with van der Waals surface area (Å²) in [5.74, 6) is -0.809. The minimum Gasteiger partial charge on any atom is -0.504 e. The lowest BCUT2D eigenvalue weighted by Gasteiger charge is -2.35. The molecule has 5 rings (SSSR count). The van der Waals surface area contributed by atoms with Gasteiger partial charge in [-0.25, -0.2) is 9.59 Å². The zero-order chi connectivity index (χ0) is 23.6. The summed E-state index contributed by atoms with van der Waals surface area (Å²) in [5, 5.41) is 40.2. The van der Waals surface area contributed by atoms with E-state index in [0.717, 1.165) is 6.07 Å². The van der Waals surface area contributed by atoms with E-state index in [2.05, 4.69) is 0 Å². The van der Waals surface area contributed by atoms with Gasteiger partial charge in [-0.05, 0) is 12.1 Å². The Balaban J connectivity index is 1.81. The molecule has 0 unspecified atom stereocenters. The second-order valence-corrected chi connectivity index (χ2v) is 7.49. The van der Waals surface area contributed by atoms with E-state index in [4.69, 9.17) is 27.8 Å². The van der Waals surface area contributed by atoms with Gasteiger partial charge in [0.15, 0.2) is 22.7 Å². The van der Waals surface area contributed by atoms with Gasteiger partial charge in [-0.3, -0.25) is 0 Å². The fourth-order valence-corrected chi connectivity index (χ4v) is 4.04. The third kappa shape index (κ3) is 2.99. The van der Waals surface area contributed by atoms with Crippen LogP contribution >= 0.6 is 0 Å². The molecule has 174 valence electrons. The minimum atomic E-state index is -1.63. The Hall–Kier alpha value is -3.58. The van der Waals surface area contributed by atoms with Crippen molar-refractivity contribution in [2.45, 2.75) is 24.6 Å². The Labute approximate surface area is 183 Å². The van der Waals surface area contributed by atoms with Gasteiger partial charge in [0.1, 0.15) is 18.3 Å². The largest absolute Gasteiger partial charge is 0.504 e. The predicted molar refractivity (Wildman–Crippen MR) is 110 cm³/mol. The van der Waals surface area contributed by atoms with E-state index in [1.165, 1.54) is 20.3 Å². The first-order valence-corrected chi connectivity index (χ1v) is 9.72. The van der Waals surface area contributed by atoms with E-state index in [1.807, 2.05) is 0 Å². The molecular weight excluding hydrogens is 444 g/mol. The number of phenolic OH excluding ortho intramolecular Hbond substituents is 1. The van der Waals surface area contributed by atoms with Crippen LogP contribution in [-0.4, -0.2) is 65.9 Å². The van der Waals surface area contributed by atoms with Crippen molar-refractivity contribution in [3.8, 4) is 23.0 Å². The zero-order valence-electron chi connectivity index (χ0n) is 17.2. The van der Waals surface area contributed by atoms with Gasteiger partial charge in [0.25, 0.3) is 0 Å². The molecule has 2 aromatic heterocycles. The van der Waals surface area contributed by atoms with Gasteiger partial charge in [-0.2, -0.15) is 0 Å². The van der Waals surface area contributed by atoms with Crippen molar-refractivity contribution in [1.82, 2.24) is 0 Å². The number of aliphatic hydroxyl groups is 3. The van der Waals surface area contributed by atoms with E-state index < -0.39 is 41.6 Å². The summed E-state index contributed by atoms with van der Waals surface area (Å²) >= 11 is 0. The van der Waals surface area contributed by atoms with Gasteiger partial charge < -0.3 is 48.2 Å². The molecule has 0 bridgehead atoms. The number of aromatic hydroxyl groups is 1. The molecule has 12 nitrogen and oxygen atoms in total. The van der Waals surface area contributed by atoms with E-state index in [1.54, 1.807) is 0 Å². The number of rotatable bonds is 4. The van der Waals surface area contributed by atoms with Crippen LogP contribution in [-0.2, 0) is 4.74 Å². The normalized spacial score (nSPS) is 23.4. The maximum atomic E-state index is 12.9. The maximum absolute atomic E-state index is 12.9. The molecule has 0 radical (unpaired) electrons. The molecule has 1 fully saturated rings. The van der Waals surface area contributed by atoms with Crippen LogP contribution in [0.15, 0.2) is 30.6 Å². The smallest absolute Gasteiger partial charge is 0.344 e. The number of aliphatic hydroxyl groups excluding tert-OH is 3. The van der Waals surface area contributed by atoms with Gasteiger partial charge >= 0.3 is 11.3 Å². The number of benzene rings is 2. The maximum Gasteiger partial charge on any atom is 0.344 e. The Morgan fingerprint density at radius 2 is 1.45 bits per heavy atom. The average molecular weight is 462 g/mol. The number of methoxy groups -OCH3 is 2. The summed E-state index contributed by atoms with van der Waals surface area (Å²) in [6.07, 6.45) is -5.91. The first-order chi connectivity index (χ1) is 15.8. The summed E-state index contributed by atoms with van der Waals surface area (Å²) in [6, 6.07) is 2.39. The van der Waals surface area contributed by atoms with Crippen LogP contribution in [0.2, 0.25) is 0 Å². The Bertz CT molecular complexity index is 1480. The molecule has 0 amide bonds. The van der Waals surface area contributed by atoms with Crippen molar-refractivity contribution in [3.05, 3.63) is 33.0 Å². The predicted octanol–water partition coefficient (Wildman–Crippen LogP) is 0.0310. The molecule has 1 saturated heterocycles. The monoisotopic (exact) mass is 462 g/mol. The van der Waals surface area contributed by atoms with Crippen LogP contribution in [0.5, 0.6) is 23.0 Å². The second-order valence-electron chi connectivity index (χ2n) is 7.49. The van der Waals surface area contributed by atoms with E-state index in [-0.39, 0.29) is 56.6 Å². The van der Waals surface area contributed by atoms with Crippen LogP contribution in [0, 0.1) is 0 Å². The quantitative estimate of drug-likeness (QED) is 0.237. The molecule has 0 spiro atoms. The van der Waals surface area contributed by atoms with E-state index >= 15 is 0 Å². The third-order valence-electron chi connectivity index (χ3n) is 5.60. The SMILES string of the molecule is COc1c(O)cc2c(=O)oc3c(OC)c(O[C@H]4OC[C@@H](O)[C@H](O)[C@H]4O)cc4c(=O)oc1c2c34. The van der Waals surface area contributed by atoms with Crippen molar-refractivity contribution in [2.75, 3.05) is 20.8 Å². The fraction of sp³-hybridized carbons (Fsp3) is 0.333. The van der Waals surface area contributed by atoms with Crippen LogP contribution in [0.3, 0.4) is 0 Å². The van der Waals surface area contributed by atoms with Crippen LogP contribution < -0.4 is 25.5 Å². The van der Waals surface area contributed by atoms with Gasteiger partial charge in [-0.1, -0.05) is 0 Å². The zero-order valence-corrected chi connectivity index (χ0v) is 17.2. The Morgan fingerprint density at radius 1 is 0.879 bits per heavy atom. The third-order valence-corrected chi connectivity index (χ3v) is 5.60. The Kier molecular flexibility index (Phi) is 4.83. The standard InChI is InChI=1S/C21H18O12/c1-28-15-8(22)3-6-11-12-7(20(27)32-17(11)15)4-10(16(29-2)18(12)33-19(6)26)31-21-14(25)13(24)9(23)5-30-21/h3-4,9,13-14,21-25H,5H2,1-2H3/t9-,13+,14-,21-/m1/s1. The molecule has 4 atom stereocenters. The molecule has 1 aliphatic rings. The van der Waals surface area contributed by atoms with Gasteiger partial charge in [0.05, 0.1) is 31.6 Å². The first-order valence-electron chi connectivity index (χ1n) is 9.72. The summed E-state index contributed by atoms with van der Waals surface area (Å²) in [7, 11) is 2.53. The van der Waals surface area contributed by atoms with Crippen molar-refractivity contribution in [1.29, 1.82) is 0 Å². The lowest BCUT2D eigenvalue weighted by atomic mass is 10.0. The molecule has 4 aromatic rings. The lowest BCUT2D eigenvalue weighted by Crippen LogP contribution is -2.54. The van der Waals surface area contributed by atoms with E-state index in [0.29, 0.717) is 0 Å². The van der Waals surface area contributed by atoms with Crippen molar-refractivity contribution >= 4 is 32.7 Å². The number of phenols is 1. The highest BCUT2D eigenvalue weighted by Gasteiger charge is 2.40. The Morgan fingerprint density at radius 3 is 2.06 bits per heavy atom. The first kappa shape index (κ1) is 21.3. The molecular formula is C21H18O12. The van der Waals surface area contributed by atoms with E-state index in [9.17, 15) is 30.0 Å². The molecule has 0 saturated carbocycles. The summed E-state index contributed by atoms with van der Waals surface area (Å²) < 4.78 is 32.2. The highest BCUT2D eigenvalue weighted by Crippen LogP contribution is 2.46. The van der Waals surface area contributed by atoms with Crippen molar-refractivity contribution in [2.24, 2.45) is 0 Å². The molecule has 4 N–H and O–H groups in total. The van der Waals surface area contributed by atoms with Crippen LogP contribution in [0.4, 0.5) is 0 Å². The number of ether oxygens (including phenoxy) is 4. The van der Waals surface area contributed by atoms with Crippen molar-refractivity contribution in [3.63, 3.8) is 0 Å². The molecule has 2 aromatic carbocycles. The summed E-state index contributed by atoms with van der Waals surface area (Å²) in [4.78, 5) is 25.6. The van der Waals surface area contributed by atoms with Gasteiger partial charge in [0.2, 0.25) is 17.8 Å². The van der Waals surface area contributed by atoms with Crippen LogP contribution in [0.25, 0.3) is 32.7 Å². The van der Waals surface area contributed by atoms with Gasteiger partial charge in [-0.15, -0.1) is 0 Å². The summed E-state index contributed by atoms with van der Waals surface area (Å²) in [6.45, 7) is -0.319. The lowest BCUT2D eigenvalue weighted by molar-refractivity contribution is -0.242. The second kappa shape index (κ2) is 7.49. The average Bonchev–Trinajstić information content (AvgIpc) is 2.78. The molecule has 3 heterocycles. The highest BCUT2D eigenvalue weighted by molar-refractivity contribution is 6.22. The molecule has 1 aliphatic heterocycles. The highest BCUT2D eigenvalue weighted by atomic mass is 16.7. The fourth-order valence-electron chi connectivity index (χ4n) is 4.04. The van der Waals surface area contributed by atoms with Gasteiger partial charge in [0, 0.05) is 10.8 Å². The molecule has 33 heavy (non-hydrogen) atoms. The minimum absolute atomic E-state index is 0.0524. The molecule has 12 heteroatoms. The summed E-state index contributed by atoms with van der Waals surface area (Å²) in [5.41, 5.74) is -2.02. The number of hydrogen-bond acceptors (Lipinski definition) is 12. The molecule has 0 aliphatic carbocycles. The van der Waals surface area contributed by atoms with Crippen LogP contribution in [0.1, 0.15) is 0 Å². The topological polar surface area (TPSA) is 178 Å². The van der Waals surface area contributed by atoms with Crippen molar-refractivity contribution < 1.29 is 48.2 Å². The number of hydrogen-bond donors (Lipinski definition) is 4.